The highest BCUT2D eigenvalue weighted by Crippen LogP contribution is 2.18. The van der Waals surface area contributed by atoms with Crippen LogP contribution in [0.4, 0.5) is 0 Å². The summed E-state index contributed by atoms with van der Waals surface area (Å²) in [5.74, 6) is -0.0188. The second-order valence-corrected chi connectivity index (χ2v) is 6.34. The van der Waals surface area contributed by atoms with Gasteiger partial charge in [-0.2, -0.15) is 0 Å². The number of rotatable bonds is 5. The molecule has 0 bridgehead atoms. The molecule has 0 aliphatic carbocycles. The van der Waals surface area contributed by atoms with E-state index < -0.39 is 16.1 Å². The summed E-state index contributed by atoms with van der Waals surface area (Å²) >= 11 is 3.03. The maximum Gasteiger partial charge on any atom is 0.260 e. The molecule has 7 nitrogen and oxygen atoms in total. The molecule has 9 heteroatoms. The zero-order valence-corrected chi connectivity index (χ0v) is 12.2. The molecule has 0 saturated carbocycles. The van der Waals surface area contributed by atoms with Gasteiger partial charge in [0.15, 0.2) is 4.60 Å². The van der Waals surface area contributed by atoms with Crippen LogP contribution in [0.3, 0.4) is 0 Å². The van der Waals surface area contributed by atoms with E-state index in [1.807, 2.05) is 13.8 Å². The average molecular weight is 327 g/mol. The van der Waals surface area contributed by atoms with Crippen LogP contribution in [0.15, 0.2) is 9.63 Å². The lowest BCUT2D eigenvalue weighted by Crippen LogP contribution is -2.41. The van der Waals surface area contributed by atoms with Gasteiger partial charge in [-0.05, 0) is 21.8 Å². The third kappa shape index (κ3) is 3.24. The zero-order valence-electron chi connectivity index (χ0n) is 9.75. The Morgan fingerprint density at radius 2 is 2.12 bits per heavy atom. The van der Waals surface area contributed by atoms with Crippen LogP contribution in [0.2, 0.25) is 0 Å². The van der Waals surface area contributed by atoms with Gasteiger partial charge < -0.3 is 5.11 Å². The highest BCUT2D eigenvalue weighted by atomic mass is 79.9. The second kappa shape index (κ2) is 5.42. The van der Waals surface area contributed by atoms with Crippen molar-refractivity contribution in [2.45, 2.75) is 24.9 Å². The van der Waals surface area contributed by atoms with E-state index >= 15 is 0 Å². The number of hydrogen-bond acceptors (Lipinski definition) is 5. The SMILES string of the molecule is CC(C)[C@@H](CO)NS(=O)(=O)c1c(Br)nnn1C. The first-order valence-corrected chi connectivity index (χ1v) is 7.25. The van der Waals surface area contributed by atoms with Crippen LogP contribution in [-0.4, -0.2) is 41.2 Å². The summed E-state index contributed by atoms with van der Waals surface area (Å²) in [5, 5.41) is 16.3. The number of nitrogens with one attached hydrogen (secondary N) is 1. The number of hydrogen-bond donors (Lipinski definition) is 2. The Bertz CT molecular complexity index is 465. The summed E-state index contributed by atoms with van der Waals surface area (Å²) in [5.41, 5.74) is 0. The maximum atomic E-state index is 12.1. The highest BCUT2D eigenvalue weighted by molar-refractivity contribution is 9.10. The Morgan fingerprint density at radius 1 is 1.53 bits per heavy atom. The van der Waals surface area contributed by atoms with Crippen molar-refractivity contribution < 1.29 is 13.5 Å². The minimum absolute atomic E-state index is 0.0188. The van der Waals surface area contributed by atoms with Crippen molar-refractivity contribution in [2.75, 3.05) is 6.61 Å². The lowest BCUT2D eigenvalue weighted by molar-refractivity contribution is 0.227. The molecule has 0 aliphatic rings. The molecule has 0 saturated heterocycles. The van der Waals surface area contributed by atoms with Crippen molar-refractivity contribution in [3.05, 3.63) is 4.60 Å². The normalized spacial score (nSPS) is 14.2. The van der Waals surface area contributed by atoms with Crippen molar-refractivity contribution in [1.29, 1.82) is 0 Å². The molecule has 0 spiro atoms. The van der Waals surface area contributed by atoms with E-state index in [1.54, 1.807) is 0 Å². The van der Waals surface area contributed by atoms with Crippen molar-refractivity contribution in [1.82, 2.24) is 19.7 Å². The van der Waals surface area contributed by atoms with E-state index in [0.29, 0.717) is 0 Å². The Labute approximate surface area is 108 Å². The Morgan fingerprint density at radius 3 is 2.47 bits per heavy atom. The van der Waals surface area contributed by atoms with Crippen LogP contribution in [0.1, 0.15) is 13.8 Å². The summed E-state index contributed by atoms with van der Waals surface area (Å²) < 4.78 is 27.8. The molecule has 17 heavy (non-hydrogen) atoms. The van der Waals surface area contributed by atoms with E-state index in [-0.39, 0.29) is 22.2 Å². The van der Waals surface area contributed by atoms with Crippen LogP contribution < -0.4 is 4.72 Å². The summed E-state index contributed by atoms with van der Waals surface area (Å²) in [6.45, 7) is 3.37. The van der Waals surface area contributed by atoms with Gasteiger partial charge >= 0.3 is 0 Å². The molecular weight excluding hydrogens is 312 g/mol. The molecule has 0 amide bonds. The summed E-state index contributed by atoms with van der Waals surface area (Å²) in [4.78, 5) is 0. The van der Waals surface area contributed by atoms with E-state index in [9.17, 15) is 8.42 Å². The fourth-order valence-electron chi connectivity index (χ4n) is 1.25. The van der Waals surface area contributed by atoms with E-state index in [2.05, 4.69) is 31.0 Å². The van der Waals surface area contributed by atoms with Crippen LogP contribution in [0, 0.1) is 5.92 Å². The fourth-order valence-corrected chi connectivity index (χ4v) is 3.72. The molecule has 2 N–H and O–H groups in total. The molecular formula is C8H15BrN4O3S. The van der Waals surface area contributed by atoms with E-state index in [1.165, 1.54) is 7.05 Å². The first-order valence-electron chi connectivity index (χ1n) is 4.98. The van der Waals surface area contributed by atoms with Crippen LogP contribution in [0.25, 0.3) is 0 Å². The third-order valence-corrected chi connectivity index (χ3v) is 4.68. The number of aliphatic hydroxyl groups excluding tert-OH is 1. The molecule has 0 unspecified atom stereocenters. The molecule has 1 rings (SSSR count). The zero-order chi connectivity index (χ0) is 13.2. The molecule has 98 valence electrons. The van der Waals surface area contributed by atoms with Crippen molar-refractivity contribution in [3.63, 3.8) is 0 Å². The van der Waals surface area contributed by atoms with Gasteiger partial charge in [-0.3, -0.25) is 0 Å². The minimum atomic E-state index is -3.75. The van der Waals surface area contributed by atoms with Gasteiger partial charge in [0.05, 0.1) is 6.61 Å². The standard InChI is InChI=1S/C8H15BrN4O3S/c1-5(2)6(4-14)11-17(15,16)8-7(9)10-12-13(8)3/h5-6,11,14H,4H2,1-3H3/t6-/m1/s1. The Hall–Kier alpha value is -0.510. The van der Waals surface area contributed by atoms with Gasteiger partial charge in [0.25, 0.3) is 10.0 Å². The summed E-state index contributed by atoms with van der Waals surface area (Å²) in [6.07, 6.45) is 0. The number of sulfonamides is 1. The lowest BCUT2D eigenvalue weighted by Gasteiger charge is -2.19. The first kappa shape index (κ1) is 14.6. The fraction of sp³-hybridized carbons (Fsp3) is 0.750. The third-order valence-electron chi connectivity index (χ3n) is 2.30. The first-order chi connectivity index (χ1) is 7.79. The van der Waals surface area contributed by atoms with Crippen molar-refractivity contribution in [3.8, 4) is 0 Å². The molecule has 0 fully saturated rings. The largest absolute Gasteiger partial charge is 0.395 e. The predicted molar refractivity (Wildman–Crippen MR) is 64.7 cm³/mol. The quantitative estimate of drug-likeness (QED) is 0.785. The minimum Gasteiger partial charge on any atom is -0.395 e. The molecule has 1 aromatic heterocycles. The number of aryl methyl sites for hydroxylation is 1. The smallest absolute Gasteiger partial charge is 0.260 e. The lowest BCUT2D eigenvalue weighted by atomic mass is 10.1. The summed E-state index contributed by atoms with van der Waals surface area (Å²) in [7, 11) is -2.27. The number of halogens is 1. The number of aliphatic hydroxyl groups is 1. The van der Waals surface area contributed by atoms with Crippen LogP contribution >= 0.6 is 15.9 Å². The van der Waals surface area contributed by atoms with Gasteiger partial charge in [0.1, 0.15) is 0 Å². The second-order valence-electron chi connectivity index (χ2n) is 3.96. The summed E-state index contributed by atoms with van der Waals surface area (Å²) in [6, 6.07) is -0.540. The Balaban J connectivity index is 3.05. The van der Waals surface area contributed by atoms with E-state index in [0.717, 1.165) is 4.68 Å². The van der Waals surface area contributed by atoms with Crippen molar-refractivity contribution >= 4 is 26.0 Å². The number of aromatic nitrogens is 3. The van der Waals surface area contributed by atoms with Gasteiger partial charge in [0, 0.05) is 13.1 Å². The highest BCUT2D eigenvalue weighted by Gasteiger charge is 2.27. The molecule has 1 heterocycles. The van der Waals surface area contributed by atoms with Gasteiger partial charge in [-0.15, -0.1) is 5.10 Å². The average Bonchev–Trinajstić information content (AvgIpc) is 2.55. The molecule has 1 atom stereocenters. The van der Waals surface area contributed by atoms with Crippen LogP contribution in [0.5, 0.6) is 0 Å². The monoisotopic (exact) mass is 326 g/mol. The van der Waals surface area contributed by atoms with Crippen molar-refractivity contribution in [2.24, 2.45) is 13.0 Å². The van der Waals surface area contributed by atoms with Gasteiger partial charge in [0.2, 0.25) is 5.03 Å². The molecule has 0 aliphatic heterocycles. The topological polar surface area (TPSA) is 97.1 Å². The molecule has 0 aromatic carbocycles. The number of nitrogens with zero attached hydrogens (tertiary/aromatic N) is 3. The predicted octanol–water partition coefficient (Wildman–Crippen LogP) is -0.127. The molecule has 1 aromatic rings. The molecule has 0 radical (unpaired) electrons. The van der Waals surface area contributed by atoms with Gasteiger partial charge in [-0.1, -0.05) is 19.1 Å². The maximum absolute atomic E-state index is 12.1. The van der Waals surface area contributed by atoms with E-state index in [4.69, 9.17) is 5.11 Å². The van der Waals surface area contributed by atoms with Gasteiger partial charge in [-0.25, -0.2) is 17.8 Å². The Kier molecular flexibility index (Phi) is 4.64. The van der Waals surface area contributed by atoms with Crippen LogP contribution in [-0.2, 0) is 17.1 Å².